The van der Waals surface area contributed by atoms with Gasteiger partial charge in [-0.2, -0.15) is 0 Å². The van der Waals surface area contributed by atoms with E-state index in [0.717, 1.165) is 11.1 Å². The lowest BCUT2D eigenvalue weighted by Gasteiger charge is -2.25. The average Bonchev–Trinajstić information content (AvgIpc) is 2.90. The number of rotatable bonds is 5. The number of nitrogens with zero attached hydrogens (tertiary/aromatic N) is 1. The summed E-state index contributed by atoms with van der Waals surface area (Å²) in [7, 11) is 0. The van der Waals surface area contributed by atoms with Gasteiger partial charge in [0, 0.05) is 0 Å². The smallest absolute Gasteiger partial charge is 0.412 e. The van der Waals surface area contributed by atoms with Crippen LogP contribution < -0.4 is 0 Å². The minimum absolute atomic E-state index is 0.0982. The van der Waals surface area contributed by atoms with Crippen LogP contribution in [0.1, 0.15) is 24.2 Å². The highest BCUT2D eigenvalue weighted by Gasteiger charge is 2.34. The van der Waals surface area contributed by atoms with E-state index in [1.54, 1.807) is 4.90 Å². The fourth-order valence-corrected chi connectivity index (χ4v) is 2.53. The second-order valence-electron chi connectivity index (χ2n) is 5.33. The van der Waals surface area contributed by atoms with Crippen LogP contribution in [-0.2, 0) is 16.0 Å². The first-order chi connectivity index (χ1) is 10.7. The molecule has 1 fully saturated rings. The molecule has 1 aliphatic rings. The first-order valence-electron chi connectivity index (χ1n) is 7.42. The van der Waals surface area contributed by atoms with E-state index in [1.807, 2.05) is 67.6 Å². The van der Waals surface area contributed by atoms with Crippen LogP contribution in [-0.4, -0.2) is 23.8 Å². The molecule has 0 aliphatic carbocycles. The number of carbonyl (C=O) groups excluding carboxylic acids is 1. The van der Waals surface area contributed by atoms with Crippen molar-refractivity contribution in [3.8, 4) is 0 Å². The molecular formula is C18H19NO3. The van der Waals surface area contributed by atoms with Gasteiger partial charge in [0.2, 0.25) is 0 Å². The molecule has 2 atom stereocenters. The largest absolute Gasteiger partial charge is 0.445 e. The van der Waals surface area contributed by atoms with Crippen LogP contribution in [0.15, 0.2) is 60.7 Å². The van der Waals surface area contributed by atoms with E-state index >= 15 is 0 Å². The third-order valence-electron chi connectivity index (χ3n) is 3.76. The van der Waals surface area contributed by atoms with Crippen molar-refractivity contribution in [2.45, 2.75) is 25.8 Å². The summed E-state index contributed by atoms with van der Waals surface area (Å²) in [5, 5.41) is 0. The van der Waals surface area contributed by atoms with Gasteiger partial charge in [0.25, 0.3) is 0 Å². The lowest BCUT2D eigenvalue weighted by molar-refractivity contribution is -0.0653. The third-order valence-corrected chi connectivity index (χ3v) is 3.76. The Labute approximate surface area is 130 Å². The number of hydrogen-bond acceptors (Lipinski definition) is 3. The first-order valence-corrected chi connectivity index (χ1v) is 7.42. The Bertz CT molecular complexity index is 615. The lowest BCUT2D eigenvalue weighted by atomic mass is 10.1. The standard InChI is InChI=1S/C18H19NO3/c1-14(16-10-6-3-7-11-16)22-17-13-21-18(20)19(17)12-15-8-4-2-5-9-15/h2-11,14,17H,12-13H2,1H3. The highest BCUT2D eigenvalue weighted by Crippen LogP contribution is 2.24. The summed E-state index contributed by atoms with van der Waals surface area (Å²) in [6.07, 6.45) is -0.781. The third kappa shape index (κ3) is 3.28. The number of ether oxygens (including phenoxy) is 2. The fourth-order valence-electron chi connectivity index (χ4n) is 2.53. The summed E-state index contributed by atoms with van der Waals surface area (Å²) < 4.78 is 11.2. The van der Waals surface area contributed by atoms with Gasteiger partial charge in [-0.3, -0.25) is 4.90 Å². The van der Waals surface area contributed by atoms with Gasteiger partial charge >= 0.3 is 6.09 Å². The molecule has 3 rings (SSSR count). The molecule has 0 saturated carbocycles. The highest BCUT2D eigenvalue weighted by atomic mass is 16.6. The van der Waals surface area contributed by atoms with E-state index in [9.17, 15) is 4.79 Å². The Morgan fingerprint density at radius 3 is 2.45 bits per heavy atom. The second kappa shape index (κ2) is 6.62. The molecule has 2 aromatic rings. The van der Waals surface area contributed by atoms with Crippen molar-refractivity contribution in [1.82, 2.24) is 4.90 Å². The molecule has 2 unspecified atom stereocenters. The van der Waals surface area contributed by atoms with E-state index in [1.165, 1.54) is 0 Å². The normalized spacial score (nSPS) is 19.0. The van der Waals surface area contributed by atoms with Crippen molar-refractivity contribution in [2.24, 2.45) is 0 Å². The zero-order chi connectivity index (χ0) is 15.4. The van der Waals surface area contributed by atoms with Crippen LogP contribution in [0, 0.1) is 0 Å². The molecule has 4 heteroatoms. The van der Waals surface area contributed by atoms with Crippen molar-refractivity contribution in [1.29, 1.82) is 0 Å². The van der Waals surface area contributed by atoms with Crippen LogP contribution in [0.4, 0.5) is 4.79 Å². The summed E-state index contributed by atoms with van der Waals surface area (Å²) in [5.74, 6) is 0. The highest BCUT2D eigenvalue weighted by molar-refractivity contribution is 5.69. The maximum atomic E-state index is 11.9. The first kappa shape index (κ1) is 14.6. The molecule has 4 nitrogen and oxygen atoms in total. The summed E-state index contributed by atoms with van der Waals surface area (Å²) >= 11 is 0. The number of amides is 1. The van der Waals surface area contributed by atoms with Gasteiger partial charge in [-0.15, -0.1) is 0 Å². The molecule has 1 heterocycles. The zero-order valence-electron chi connectivity index (χ0n) is 12.5. The van der Waals surface area contributed by atoms with Crippen LogP contribution in [0.5, 0.6) is 0 Å². The second-order valence-corrected chi connectivity index (χ2v) is 5.33. The van der Waals surface area contributed by atoms with Crippen LogP contribution >= 0.6 is 0 Å². The SMILES string of the molecule is CC(OC1COC(=O)N1Cc1ccccc1)c1ccccc1. The number of cyclic esters (lactones) is 1. The zero-order valence-corrected chi connectivity index (χ0v) is 12.5. The van der Waals surface area contributed by atoms with Gasteiger partial charge in [0.1, 0.15) is 6.61 Å². The van der Waals surface area contributed by atoms with E-state index in [0.29, 0.717) is 6.54 Å². The van der Waals surface area contributed by atoms with Crippen LogP contribution in [0.2, 0.25) is 0 Å². The Hall–Kier alpha value is -2.33. The van der Waals surface area contributed by atoms with Crippen molar-refractivity contribution in [3.05, 3.63) is 71.8 Å². The molecule has 1 aliphatic heterocycles. The van der Waals surface area contributed by atoms with Gasteiger partial charge in [0.15, 0.2) is 6.23 Å². The summed E-state index contributed by atoms with van der Waals surface area (Å²) in [4.78, 5) is 13.6. The summed E-state index contributed by atoms with van der Waals surface area (Å²) in [6, 6.07) is 19.8. The van der Waals surface area contributed by atoms with E-state index < -0.39 is 0 Å². The van der Waals surface area contributed by atoms with E-state index in [4.69, 9.17) is 9.47 Å². The number of hydrogen-bond donors (Lipinski definition) is 0. The van der Waals surface area contributed by atoms with Gasteiger partial charge in [-0.25, -0.2) is 4.79 Å². The number of carbonyl (C=O) groups is 1. The Kier molecular flexibility index (Phi) is 4.39. The lowest BCUT2D eigenvalue weighted by Crippen LogP contribution is -2.35. The van der Waals surface area contributed by atoms with Gasteiger partial charge in [-0.05, 0) is 18.1 Å². The molecule has 1 amide bonds. The quantitative estimate of drug-likeness (QED) is 0.844. The Morgan fingerprint density at radius 1 is 1.14 bits per heavy atom. The van der Waals surface area contributed by atoms with Crippen molar-refractivity contribution >= 4 is 6.09 Å². The maximum absolute atomic E-state index is 11.9. The van der Waals surface area contributed by atoms with Gasteiger partial charge < -0.3 is 9.47 Å². The number of benzene rings is 2. The van der Waals surface area contributed by atoms with Crippen molar-refractivity contribution < 1.29 is 14.3 Å². The molecule has 114 valence electrons. The van der Waals surface area contributed by atoms with Gasteiger partial charge in [-0.1, -0.05) is 60.7 Å². The molecule has 0 radical (unpaired) electrons. The van der Waals surface area contributed by atoms with Crippen LogP contribution in [0.3, 0.4) is 0 Å². The summed E-state index contributed by atoms with van der Waals surface area (Å²) in [6.45, 7) is 2.74. The predicted octanol–water partition coefficient (Wildman–Crippen LogP) is 3.74. The topological polar surface area (TPSA) is 38.8 Å². The Balaban J connectivity index is 1.68. The molecule has 2 aromatic carbocycles. The Morgan fingerprint density at radius 2 is 1.77 bits per heavy atom. The van der Waals surface area contributed by atoms with E-state index in [2.05, 4.69) is 0 Å². The molecule has 22 heavy (non-hydrogen) atoms. The van der Waals surface area contributed by atoms with Gasteiger partial charge in [0.05, 0.1) is 12.6 Å². The summed E-state index contributed by atoms with van der Waals surface area (Å²) in [5.41, 5.74) is 2.14. The molecule has 0 bridgehead atoms. The molecule has 0 aromatic heterocycles. The van der Waals surface area contributed by atoms with Crippen molar-refractivity contribution in [2.75, 3.05) is 6.61 Å². The minimum Gasteiger partial charge on any atom is -0.445 e. The maximum Gasteiger partial charge on any atom is 0.412 e. The predicted molar refractivity (Wildman–Crippen MR) is 83.1 cm³/mol. The molecule has 0 N–H and O–H groups in total. The monoisotopic (exact) mass is 297 g/mol. The fraction of sp³-hybridized carbons (Fsp3) is 0.278. The van der Waals surface area contributed by atoms with Crippen LogP contribution in [0.25, 0.3) is 0 Å². The molecule has 1 saturated heterocycles. The average molecular weight is 297 g/mol. The van der Waals surface area contributed by atoms with Crippen molar-refractivity contribution in [3.63, 3.8) is 0 Å². The molecular weight excluding hydrogens is 278 g/mol. The molecule has 0 spiro atoms. The van der Waals surface area contributed by atoms with E-state index in [-0.39, 0.29) is 25.0 Å². The minimum atomic E-state index is -0.358.